The zero-order valence-corrected chi connectivity index (χ0v) is 8.23. The lowest BCUT2D eigenvalue weighted by atomic mass is 10.2. The van der Waals surface area contributed by atoms with Crippen molar-refractivity contribution in [2.24, 2.45) is 0 Å². The van der Waals surface area contributed by atoms with Gasteiger partial charge < -0.3 is 15.7 Å². The van der Waals surface area contributed by atoms with Crippen molar-refractivity contribution in [2.75, 3.05) is 11.9 Å². The molecule has 6 nitrogen and oxygen atoms in total. The Hall–Kier alpha value is -2.55. The molecule has 1 aromatic carbocycles. The number of anilines is 1. The number of carboxylic acids is 1. The molecular formula is C10H9N3O3. The molecule has 0 aromatic heterocycles. The first kappa shape index (κ1) is 11.5. The van der Waals surface area contributed by atoms with Crippen LogP contribution in [-0.2, 0) is 0 Å². The number of benzene rings is 1. The van der Waals surface area contributed by atoms with E-state index in [1.165, 1.54) is 18.2 Å². The zero-order chi connectivity index (χ0) is 12.0. The number of nitrogens with zero attached hydrogens (tertiary/aromatic N) is 1. The number of aromatic carboxylic acids is 1. The second kappa shape index (κ2) is 5.36. The molecule has 1 aromatic rings. The summed E-state index contributed by atoms with van der Waals surface area (Å²) in [5.74, 6) is -1.07. The number of carbonyl (C=O) groups is 2. The minimum atomic E-state index is -1.07. The molecule has 6 heteroatoms. The van der Waals surface area contributed by atoms with Gasteiger partial charge in [-0.15, -0.1) is 0 Å². The molecule has 0 heterocycles. The van der Waals surface area contributed by atoms with Crippen molar-refractivity contribution in [1.82, 2.24) is 5.32 Å². The largest absolute Gasteiger partial charge is 0.478 e. The van der Waals surface area contributed by atoms with Crippen molar-refractivity contribution in [2.45, 2.75) is 0 Å². The number of hydrogen-bond donors (Lipinski definition) is 3. The molecule has 0 saturated heterocycles. The second-order valence-electron chi connectivity index (χ2n) is 2.85. The zero-order valence-electron chi connectivity index (χ0n) is 8.23. The Morgan fingerprint density at radius 3 is 2.81 bits per heavy atom. The summed E-state index contributed by atoms with van der Waals surface area (Å²) in [6.45, 7) is -0.107. The first-order chi connectivity index (χ1) is 7.63. The van der Waals surface area contributed by atoms with Crippen LogP contribution in [0.15, 0.2) is 24.3 Å². The first-order valence-electron chi connectivity index (χ1n) is 4.38. The number of nitrogens with one attached hydrogen (secondary N) is 2. The molecule has 0 atom stereocenters. The summed E-state index contributed by atoms with van der Waals surface area (Å²) in [6.07, 6.45) is 0. The molecule has 0 spiro atoms. The molecular weight excluding hydrogens is 210 g/mol. The van der Waals surface area contributed by atoms with Crippen molar-refractivity contribution in [3.8, 4) is 6.07 Å². The first-order valence-corrected chi connectivity index (χ1v) is 4.38. The summed E-state index contributed by atoms with van der Waals surface area (Å²) in [6, 6.07) is 7.01. The van der Waals surface area contributed by atoms with Gasteiger partial charge in [-0.05, 0) is 18.2 Å². The molecule has 16 heavy (non-hydrogen) atoms. The van der Waals surface area contributed by atoms with Crippen LogP contribution in [0.25, 0.3) is 0 Å². The van der Waals surface area contributed by atoms with E-state index in [-0.39, 0.29) is 12.1 Å². The molecule has 0 unspecified atom stereocenters. The van der Waals surface area contributed by atoms with E-state index in [1.807, 2.05) is 0 Å². The number of amides is 2. The van der Waals surface area contributed by atoms with Crippen LogP contribution in [0.2, 0.25) is 0 Å². The fraction of sp³-hybridized carbons (Fsp3) is 0.100. The highest BCUT2D eigenvalue weighted by Gasteiger charge is 2.05. The van der Waals surface area contributed by atoms with E-state index >= 15 is 0 Å². The molecule has 1 rings (SSSR count). The Labute approximate surface area is 91.5 Å². The van der Waals surface area contributed by atoms with Crippen LogP contribution in [0.3, 0.4) is 0 Å². The quantitative estimate of drug-likeness (QED) is 0.660. The van der Waals surface area contributed by atoms with Gasteiger partial charge in [0.1, 0.15) is 6.54 Å². The highest BCUT2D eigenvalue weighted by Crippen LogP contribution is 2.10. The summed E-state index contributed by atoms with van der Waals surface area (Å²) in [5, 5.41) is 21.6. The monoisotopic (exact) mass is 219 g/mol. The van der Waals surface area contributed by atoms with Crippen LogP contribution in [-0.4, -0.2) is 23.7 Å². The van der Waals surface area contributed by atoms with E-state index in [1.54, 1.807) is 12.1 Å². The van der Waals surface area contributed by atoms with Crippen molar-refractivity contribution in [3.63, 3.8) is 0 Å². The molecule has 0 aliphatic heterocycles. The van der Waals surface area contributed by atoms with Gasteiger partial charge in [0.15, 0.2) is 0 Å². The summed E-state index contributed by atoms with van der Waals surface area (Å²) in [7, 11) is 0. The number of carboxylic acid groups (broad SMARTS) is 1. The maximum atomic E-state index is 11.1. The predicted molar refractivity (Wildman–Crippen MR) is 56.0 cm³/mol. The van der Waals surface area contributed by atoms with Gasteiger partial charge in [0, 0.05) is 5.69 Å². The molecule has 3 N–H and O–H groups in total. The van der Waals surface area contributed by atoms with Crippen LogP contribution >= 0.6 is 0 Å². The van der Waals surface area contributed by atoms with Gasteiger partial charge in [0.05, 0.1) is 11.6 Å². The minimum absolute atomic E-state index is 0.0816. The lowest BCUT2D eigenvalue weighted by Gasteiger charge is -2.05. The molecule has 2 amide bonds. The van der Waals surface area contributed by atoms with Crippen molar-refractivity contribution in [1.29, 1.82) is 5.26 Å². The average Bonchev–Trinajstić information content (AvgIpc) is 2.26. The summed E-state index contributed by atoms with van der Waals surface area (Å²) in [4.78, 5) is 21.8. The third-order valence-corrected chi connectivity index (χ3v) is 1.70. The summed E-state index contributed by atoms with van der Waals surface area (Å²) < 4.78 is 0. The van der Waals surface area contributed by atoms with Crippen LogP contribution < -0.4 is 10.6 Å². The van der Waals surface area contributed by atoms with Gasteiger partial charge in [-0.1, -0.05) is 6.07 Å². The number of carbonyl (C=O) groups excluding carboxylic acids is 1. The van der Waals surface area contributed by atoms with E-state index in [0.29, 0.717) is 5.69 Å². The molecule has 0 fully saturated rings. The Morgan fingerprint density at radius 1 is 1.44 bits per heavy atom. The predicted octanol–water partition coefficient (Wildman–Crippen LogP) is 1.03. The third kappa shape index (κ3) is 3.31. The van der Waals surface area contributed by atoms with Crippen LogP contribution in [0.1, 0.15) is 10.4 Å². The fourth-order valence-corrected chi connectivity index (χ4v) is 1.03. The van der Waals surface area contributed by atoms with Gasteiger partial charge >= 0.3 is 12.0 Å². The number of nitriles is 1. The SMILES string of the molecule is N#CCNC(=O)Nc1cccc(C(=O)O)c1. The molecule has 0 radical (unpaired) electrons. The van der Waals surface area contributed by atoms with Gasteiger partial charge in [0.2, 0.25) is 0 Å². The Bertz CT molecular complexity index is 451. The lowest BCUT2D eigenvalue weighted by molar-refractivity contribution is 0.0697. The summed E-state index contributed by atoms with van der Waals surface area (Å²) in [5.41, 5.74) is 0.438. The number of urea groups is 1. The van der Waals surface area contributed by atoms with Crippen molar-refractivity contribution < 1.29 is 14.7 Å². The van der Waals surface area contributed by atoms with E-state index in [4.69, 9.17) is 10.4 Å². The highest BCUT2D eigenvalue weighted by molar-refractivity contribution is 5.93. The molecule has 82 valence electrons. The van der Waals surface area contributed by atoms with E-state index in [0.717, 1.165) is 0 Å². The Kier molecular flexibility index (Phi) is 3.86. The molecule has 0 bridgehead atoms. The number of rotatable bonds is 3. The normalized spacial score (nSPS) is 8.94. The highest BCUT2D eigenvalue weighted by atomic mass is 16.4. The Balaban J connectivity index is 2.67. The maximum absolute atomic E-state index is 11.1. The van der Waals surface area contributed by atoms with Gasteiger partial charge in [-0.3, -0.25) is 0 Å². The van der Waals surface area contributed by atoms with Crippen LogP contribution in [0, 0.1) is 11.3 Å². The Morgan fingerprint density at radius 2 is 2.19 bits per heavy atom. The van der Waals surface area contributed by atoms with Gasteiger partial charge in [-0.2, -0.15) is 5.26 Å². The third-order valence-electron chi connectivity index (χ3n) is 1.70. The maximum Gasteiger partial charge on any atom is 0.335 e. The standard InChI is InChI=1S/C10H9N3O3/c11-4-5-12-10(16)13-8-3-1-2-7(6-8)9(14)15/h1-3,6H,5H2,(H,14,15)(H2,12,13,16). The number of hydrogen-bond acceptors (Lipinski definition) is 3. The van der Waals surface area contributed by atoms with Crippen LogP contribution in [0.4, 0.5) is 10.5 Å². The molecule has 0 aliphatic carbocycles. The molecule has 0 aliphatic rings. The van der Waals surface area contributed by atoms with Crippen LogP contribution in [0.5, 0.6) is 0 Å². The fourth-order valence-electron chi connectivity index (χ4n) is 1.03. The smallest absolute Gasteiger partial charge is 0.335 e. The van der Waals surface area contributed by atoms with E-state index in [9.17, 15) is 9.59 Å². The summed E-state index contributed by atoms with van der Waals surface area (Å²) >= 11 is 0. The van der Waals surface area contributed by atoms with Crippen molar-refractivity contribution in [3.05, 3.63) is 29.8 Å². The molecule has 0 saturated carbocycles. The average molecular weight is 219 g/mol. The van der Waals surface area contributed by atoms with E-state index in [2.05, 4.69) is 10.6 Å². The van der Waals surface area contributed by atoms with Crippen molar-refractivity contribution >= 4 is 17.7 Å². The second-order valence-corrected chi connectivity index (χ2v) is 2.85. The van der Waals surface area contributed by atoms with Gasteiger partial charge in [-0.25, -0.2) is 9.59 Å². The lowest BCUT2D eigenvalue weighted by Crippen LogP contribution is -2.28. The van der Waals surface area contributed by atoms with E-state index < -0.39 is 12.0 Å². The minimum Gasteiger partial charge on any atom is -0.478 e. The van der Waals surface area contributed by atoms with Gasteiger partial charge in [0.25, 0.3) is 0 Å². The topological polar surface area (TPSA) is 102 Å².